The van der Waals surface area contributed by atoms with Gasteiger partial charge in [-0.05, 0) is 49.7 Å². The van der Waals surface area contributed by atoms with Gasteiger partial charge in [0.25, 0.3) is 5.09 Å². The summed E-state index contributed by atoms with van der Waals surface area (Å²) in [6.07, 6.45) is 0.264. The highest BCUT2D eigenvalue weighted by Gasteiger charge is 2.37. The largest absolute Gasteiger partial charge is 0.423 e. The highest BCUT2D eigenvalue weighted by Crippen LogP contribution is 2.34. The van der Waals surface area contributed by atoms with Gasteiger partial charge in [0.05, 0.1) is 10.1 Å². The standard InChI is InChI=1S/C19H18FNO5S2/c1-3-13(2)27(22,23)19-18(28(24,25)16-7-5-4-6-8-16)21-17(26-19)14-9-11-15(20)12-10-14/h4-13H,3H2,1-2H3. The molecular formula is C19H18FNO5S2. The van der Waals surface area contributed by atoms with Crippen LogP contribution >= 0.6 is 0 Å². The first-order chi connectivity index (χ1) is 13.2. The van der Waals surface area contributed by atoms with E-state index in [0.717, 1.165) is 12.1 Å². The fourth-order valence-electron chi connectivity index (χ4n) is 2.47. The summed E-state index contributed by atoms with van der Waals surface area (Å²) in [5, 5.41) is -2.24. The number of halogens is 1. The van der Waals surface area contributed by atoms with Gasteiger partial charge in [-0.2, -0.15) is 4.98 Å². The van der Waals surface area contributed by atoms with Gasteiger partial charge >= 0.3 is 0 Å². The minimum atomic E-state index is -4.25. The molecule has 0 saturated heterocycles. The summed E-state index contributed by atoms with van der Waals surface area (Å²) in [7, 11) is -8.34. The molecule has 148 valence electrons. The Labute approximate surface area is 162 Å². The van der Waals surface area contributed by atoms with Gasteiger partial charge in [0.15, 0.2) is 0 Å². The van der Waals surface area contributed by atoms with Crippen LogP contribution in [0.15, 0.2) is 74.0 Å². The van der Waals surface area contributed by atoms with Crippen molar-refractivity contribution in [3.63, 3.8) is 0 Å². The molecule has 3 rings (SSSR count). The van der Waals surface area contributed by atoms with Crippen molar-refractivity contribution in [1.82, 2.24) is 4.98 Å². The van der Waals surface area contributed by atoms with Gasteiger partial charge in [-0.3, -0.25) is 0 Å². The number of hydrogen-bond donors (Lipinski definition) is 0. The molecule has 0 aliphatic heterocycles. The molecule has 1 aromatic heterocycles. The van der Waals surface area contributed by atoms with E-state index in [1.165, 1.54) is 43.3 Å². The molecule has 1 unspecified atom stereocenters. The zero-order valence-corrected chi connectivity index (χ0v) is 16.8. The minimum Gasteiger partial charge on any atom is -0.423 e. The van der Waals surface area contributed by atoms with Crippen molar-refractivity contribution >= 4 is 19.7 Å². The Hall–Kier alpha value is -2.52. The van der Waals surface area contributed by atoms with Crippen LogP contribution in [0.4, 0.5) is 4.39 Å². The van der Waals surface area contributed by atoms with Crippen LogP contribution in [0.2, 0.25) is 0 Å². The van der Waals surface area contributed by atoms with Gasteiger partial charge in [0, 0.05) is 5.56 Å². The molecule has 1 atom stereocenters. The van der Waals surface area contributed by atoms with Crippen molar-refractivity contribution in [2.75, 3.05) is 0 Å². The number of hydrogen-bond acceptors (Lipinski definition) is 6. The maximum Gasteiger partial charge on any atom is 0.258 e. The van der Waals surface area contributed by atoms with E-state index in [1.54, 1.807) is 13.0 Å². The lowest BCUT2D eigenvalue weighted by Crippen LogP contribution is -2.19. The lowest BCUT2D eigenvalue weighted by molar-refractivity contribution is 0.441. The van der Waals surface area contributed by atoms with Crippen LogP contribution in [0.5, 0.6) is 0 Å². The van der Waals surface area contributed by atoms with Gasteiger partial charge in [-0.1, -0.05) is 25.1 Å². The van der Waals surface area contributed by atoms with E-state index in [0.29, 0.717) is 0 Å². The number of aromatic nitrogens is 1. The van der Waals surface area contributed by atoms with Crippen molar-refractivity contribution in [1.29, 1.82) is 0 Å². The highest BCUT2D eigenvalue weighted by molar-refractivity contribution is 7.94. The second kappa shape index (κ2) is 7.48. The lowest BCUT2D eigenvalue weighted by Gasteiger charge is -2.09. The van der Waals surface area contributed by atoms with Crippen LogP contribution in [0.25, 0.3) is 11.5 Å². The van der Waals surface area contributed by atoms with Crippen LogP contribution < -0.4 is 0 Å². The molecule has 0 aliphatic carbocycles. The molecule has 0 spiro atoms. The molecule has 0 saturated carbocycles. The average Bonchev–Trinajstić information content (AvgIpc) is 3.15. The van der Waals surface area contributed by atoms with Gasteiger partial charge < -0.3 is 4.42 Å². The summed E-state index contributed by atoms with van der Waals surface area (Å²) in [6.45, 7) is 3.14. The van der Waals surface area contributed by atoms with Crippen molar-refractivity contribution in [3.8, 4) is 11.5 Å². The summed E-state index contributed by atoms with van der Waals surface area (Å²) >= 11 is 0. The molecule has 28 heavy (non-hydrogen) atoms. The molecule has 2 aromatic carbocycles. The fourth-order valence-corrected chi connectivity index (χ4v) is 5.64. The SMILES string of the molecule is CCC(C)S(=O)(=O)c1oc(-c2ccc(F)cc2)nc1S(=O)(=O)c1ccccc1. The average molecular weight is 423 g/mol. The maximum atomic E-state index is 13.2. The molecule has 0 bridgehead atoms. The van der Waals surface area contributed by atoms with E-state index >= 15 is 0 Å². The zero-order chi connectivity index (χ0) is 20.5. The second-order valence-corrected chi connectivity index (χ2v) is 10.3. The van der Waals surface area contributed by atoms with Crippen molar-refractivity contribution in [2.24, 2.45) is 0 Å². The number of sulfone groups is 2. The van der Waals surface area contributed by atoms with Crippen LogP contribution in [0, 0.1) is 5.82 Å². The molecule has 0 amide bonds. The Kier molecular flexibility index (Phi) is 5.40. The molecule has 1 heterocycles. The molecule has 0 N–H and O–H groups in total. The van der Waals surface area contributed by atoms with Gasteiger partial charge in [0.1, 0.15) is 5.82 Å². The summed E-state index contributed by atoms with van der Waals surface area (Å²) in [5.41, 5.74) is 0.261. The Morgan fingerprint density at radius 3 is 2.18 bits per heavy atom. The Morgan fingerprint density at radius 1 is 1.00 bits per heavy atom. The second-order valence-electron chi connectivity index (χ2n) is 6.20. The van der Waals surface area contributed by atoms with Gasteiger partial charge in [0.2, 0.25) is 30.6 Å². The summed E-state index contributed by atoms with van der Waals surface area (Å²) < 4.78 is 70.6. The quantitative estimate of drug-likeness (QED) is 0.597. The molecule has 0 radical (unpaired) electrons. The molecular weight excluding hydrogens is 405 g/mol. The Balaban J connectivity index is 2.27. The van der Waals surface area contributed by atoms with E-state index < -0.39 is 40.9 Å². The highest BCUT2D eigenvalue weighted by atomic mass is 32.2. The van der Waals surface area contributed by atoms with Crippen LogP contribution in [0.1, 0.15) is 20.3 Å². The fraction of sp³-hybridized carbons (Fsp3) is 0.211. The maximum absolute atomic E-state index is 13.2. The smallest absolute Gasteiger partial charge is 0.258 e. The molecule has 0 aliphatic rings. The van der Waals surface area contributed by atoms with E-state index in [9.17, 15) is 21.2 Å². The zero-order valence-electron chi connectivity index (χ0n) is 15.2. The van der Waals surface area contributed by atoms with Crippen molar-refractivity contribution < 1.29 is 25.6 Å². The van der Waals surface area contributed by atoms with Crippen LogP contribution in [-0.2, 0) is 19.7 Å². The third-order valence-corrected chi connectivity index (χ3v) is 8.32. The topological polar surface area (TPSA) is 94.3 Å². The van der Waals surface area contributed by atoms with Crippen molar-refractivity contribution in [3.05, 3.63) is 60.4 Å². The molecule has 0 fully saturated rings. The van der Waals surface area contributed by atoms with E-state index in [1.807, 2.05) is 0 Å². The predicted octanol–water partition coefficient (Wildman–Crippen LogP) is 3.89. The monoisotopic (exact) mass is 423 g/mol. The number of oxazole rings is 1. The molecule has 6 nitrogen and oxygen atoms in total. The normalized spacial score (nSPS) is 13.4. The first kappa shape index (κ1) is 20.2. The first-order valence-electron chi connectivity index (χ1n) is 8.48. The number of benzene rings is 2. The Bertz CT molecular complexity index is 1180. The number of nitrogens with zero attached hydrogens (tertiary/aromatic N) is 1. The minimum absolute atomic E-state index is 0.102. The summed E-state index contributed by atoms with van der Waals surface area (Å²) in [4.78, 5) is 3.88. The first-order valence-corrected chi connectivity index (χ1v) is 11.5. The third kappa shape index (κ3) is 3.59. The van der Waals surface area contributed by atoms with Crippen LogP contribution in [-0.4, -0.2) is 27.1 Å². The third-order valence-electron chi connectivity index (χ3n) is 4.33. The van der Waals surface area contributed by atoms with E-state index in [4.69, 9.17) is 4.42 Å². The van der Waals surface area contributed by atoms with Crippen LogP contribution in [0.3, 0.4) is 0 Å². The lowest BCUT2D eigenvalue weighted by atomic mass is 10.2. The van der Waals surface area contributed by atoms with Gasteiger partial charge in [-0.25, -0.2) is 21.2 Å². The van der Waals surface area contributed by atoms with E-state index in [2.05, 4.69) is 4.98 Å². The predicted molar refractivity (Wildman–Crippen MR) is 101 cm³/mol. The number of rotatable bonds is 6. The summed E-state index contributed by atoms with van der Waals surface area (Å²) in [6, 6.07) is 12.3. The Morgan fingerprint density at radius 2 is 1.61 bits per heavy atom. The van der Waals surface area contributed by atoms with E-state index in [-0.39, 0.29) is 22.8 Å². The van der Waals surface area contributed by atoms with Crippen molar-refractivity contribution in [2.45, 2.75) is 40.5 Å². The molecule has 3 aromatic rings. The summed E-state index contributed by atoms with van der Waals surface area (Å²) in [5.74, 6) is -0.712. The van der Waals surface area contributed by atoms with Gasteiger partial charge in [-0.15, -0.1) is 0 Å². The molecule has 9 heteroatoms.